The standard InChI is InChI=1S/C38H49F3N6O8/c1-5-12-26(32(49)36(53)43-20-28(48)46-30(33(42)50)22-13-8-6-9-14-22)44-34(51)27(19-21-17-24(39)29(41)25(40)18-21)45-35(52)31(23-15-10-7-11-16-23)47-37(54)55-38(2,3)4/h6,8-9,13-14,17-18,23,26-27,30-31H,5,7,10-12,15-16,19-20H2,1-4H3,(H2,42,50)(H,43,53)(H,44,51)(H,45,52)(H,46,48)(H,47,54)/t26?,27-,30?,31-/m0/s1. The fraction of sp³-hybridized carbons (Fsp3) is 0.500. The fourth-order valence-corrected chi connectivity index (χ4v) is 6.14. The van der Waals surface area contributed by atoms with Crippen LogP contribution in [-0.2, 0) is 39.9 Å². The highest BCUT2D eigenvalue weighted by Crippen LogP contribution is 2.27. The van der Waals surface area contributed by atoms with Gasteiger partial charge in [-0.25, -0.2) is 18.0 Å². The second-order valence-electron chi connectivity index (χ2n) is 14.4. The topological polar surface area (TPSA) is 215 Å². The molecular formula is C38H49F3N6O8. The SMILES string of the molecule is CCCC(NC(=O)[C@H](Cc1cc(F)c(F)c(F)c1)NC(=O)[C@@H](NC(=O)OC(C)(C)C)C1CCCCC1)C(=O)C(=O)NCC(=O)NC(C(N)=O)c1ccccc1. The maximum Gasteiger partial charge on any atom is 0.408 e. The van der Waals surface area contributed by atoms with Crippen LogP contribution in [0.3, 0.4) is 0 Å². The molecule has 0 aromatic heterocycles. The molecule has 55 heavy (non-hydrogen) atoms. The van der Waals surface area contributed by atoms with Gasteiger partial charge in [0.05, 0.1) is 12.6 Å². The third-order valence-electron chi connectivity index (χ3n) is 8.76. The van der Waals surface area contributed by atoms with E-state index in [1.807, 2.05) is 0 Å². The summed E-state index contributed by atoms with van der Waals surface area (Å²) in [4.78, 5) is 91.3. The molecule has 0 saturated heterocycles. The number of alkyl carbamates (subject to hydrolysis) is 1. The Morgan fingerprint density at radius 3 is 2.00 bits per heavy atom. The highest BCUT2D eigenvalue weighted by atomic mass is 19.2. The van der Waals surface area contributed by atoms with E-state index in [4.69, 9.17) is 10.5 Å². The number of hydrogen-bond acceptors (Lipinski definition) is 8. The van der Waals surface area contributed by atoms with E-state index in [-0.39, 0.29) is 24.3 Å². The van der Waals surface area contributed by atoms with E-state index < -0.39 is 102 Å². The number of rotatable bonds is 17. The maximum atomic E-state index is 14.2. The average molecular weight is 775 g/mol. The van der Waals surface area contributed by atoms with Crippen molar-refractivity contribution < 1.29 is 51.5 Å². The van der Waals surface area contributed by atoms with Gasteiger partial charge in [-0.05, 0) is 69.2 Å². The zero-order chi connectivity index (χ0) is 40.9. The number of carbonyl (C=O) groups excluding carboxylic acids is 7. The highest BCUT2D eigenvalue weighted by Gasteiger charge is 2.36. The molecule has 1 fully saturated rings. The Bertz CT molecular complexity index is 1690. The molecule has 2 aromatic carbocycles. The summed E-state index contributed by atoms with van der Waals surface area (Å²) in [6, 6.07) is 3.82. The average Bonchev–Trinajstić information content (AvgIpc) is 3.13. The molecule has 300 valence electrons. The molecule has 0 heterocycles. The van der Waals surface area contributed by atoms with E-state index >= 15 is 0 Å². The second-order valence-corrected chi connectivity index (χ2v) is 14.4. The zero-order valence-corrected chi connectivity index (χ0v) is 31.3. The van der Waals surface area contributed by atoms with Crippen molar-refractivity contribution in [1.29, 1.82) is 0 Å². The molecule has 0 aliphatic heterocycles. The number of ketones is 1. The first-order valence-electron chi connectivity index (χ1n) is 18.1. The van der Waals surface area contributed by atoms with Gasteiger partial charge in [-0.15, -0.1) is 0 Å². The van der Waals surface area contributed by atoms with Gasteiger partial charge in [0.1, 0.15) is 23.7 Å². The Labute approximate surface area is 317 Å². The van der Waals surface area contributed by atoms with E-state index in [0.717, 1.165) is 19.3 Å². The van der Waals surface area contributed by atoms with Gasteiger partial charge >= 0.3 is 6.09 Å². The molecule has 2 unspecified atom stereocenters. The van der Waals surface area contributed by atoms with Gasteiger partial charge in [-0.3, -0.25) is 28.8 Å². The van der Waals surface area contributed by atoms with Crippen LogP contribution in [0.25, 0.3) is 0 Å². The summed E-state index contributed by atoms with van der Waals surface area (Å²) in [5.74, 6) is -11.2. The smallest absolute Gasteiger partial charge is 0.408 e. The van der Waals surface area contributed by atoms with Crippen LogP contribution in [0.4, 0.5) is 18.0 Å². The zero-order valence-electron chi connectivity index (χ0n) is 31.3. The van der Waals surface area contributed by atoms with Crippen LogP contribution in [0.1, 0.15) is 89.8 Å². The van der Waals surface area contributed by atoms with Crippen LogP contribution in [-0.4, -0.2) is 71.7 Å². The molecule has 1 aliphatic rings. The number of ether oxygens (including phenoxy) is 1. The monoisotopic (exact) mass is 774 g/mol. The number of nitrogens with two attached hydrogens (primary N) is 1. The normalized spacial score (nSPS) is 15.3. The number of carbonyl (C=O) groups is 7. The molecule has 17 heteroatoms. The number of Topliss-reactive ketones (excluding diaryl/α,β-unsaturated/α-hetero) is 1. The number of hydrogen-bond donors (Lipinski definition) is 6. The lowest BCUT2D eigenvalue weighted by Gasteiger charge is -2.32. The lowest BCUT2D eigenvalue weighted by Crippen LogP contribution is -2.59. The van der Waals surface area contributed by atoms with Gasteiger partial charge in [0, 0.05) is 6.42 Å². The minimum Gasteiger partial charge on any atom is -0.444 e. The molecule has 14 nitrogen and oxygen atoms in total. The molecule has 4 atom stereocenters. The summed E-state index contributed by atoms with van der Waals surface area (Å²) >= 11 is 0. The van der Waals surface area contributed by atoms with Crippen molar-refractivity contribution in [2.24, 2.45) is 11.7 Å². The molecule has 0 spiro atoms. The van der Waals surface area contributed by atoms with Crippen molar-refractivity contribution in [1.82, 2.24) is 26.6 Å². The van der Waals surface area contributed by atoms with Gasteiger partial charge in [-0.2, -0.15) is 0 Å². The van der Waals surface area contributed by atoms with E-state index in [1.165, 1.54) is 0 Å². The molecular weight excluding hydrogens is 725 g/mol. The molecule has 6 amide bonds. The molecule has 7 N–H and O–H groups in total. The van der Waals surface area contributed by atoms with Crippen LogP contribution < -0.4 is 32.3 Å². The van der Waals surface area contributed by atoms with Crippen molar-refractivity contribution in [3.8, 4) is 0 Å². The van der Waals surface area contributed by atoms with Crippen LogP contribution in [0.5, 0.6) is 0 Å². The van der Waals surface area contributed by atoms with Crippen molar-refractivity contribution in [3.63, 3.8) is 0 Å². The van der Waals surface area contributed by atoms with Gasteiger partial charge in [-0.1, -0.05) is 62.9 Å². The molecule has 0 bridgehead atoms. The summed E-state index contributed by atoms with van der Waals surface area (Å²) in [6.07, 6.45) is 2.31. The lowest BCUT2D eigenvalue weighted by atomic mass is 9.83. The van der Waals surface area contributed by atoms with Gasteiger partial charge in [0.25, 0.3) is 5.91 Å². The van der Waals surface area contributed by atoms with Crippen molar-refractivity contribution in [3.05, 3.63) is 71.0 Å². The Balaban J connectivity index is 1.81. The summed E-state index contributed by atoms with van der Waals surface area (Å²) < 4.78 is 47.6. The molecule has 0 radical (unpaired) electrons. The number of primary amides is 1. The third kappa shape index (κ3) is 13.7. The second kappa shape index (κ2) is 20.3. The fourth-order valence-electron chi connectivity index (χ4n) is 6.14. The molecule has 1 saturated carbocycles. The summed E-state index contributed by atoms with van der Waals surface area (Å²) in [5, 5.41) is 12.0. The van der Waals surface area contributed by atoms with Crippen LogP contribution in [0, 0.1) is 23.4 Å². The van der Waals surface area contributed by atoms with Crippen LogP contribution in [0.15, 0.2) is 42.5 Å². The summed E-state index contributed by atoms with van der Waals surface area (Å²) in [7, 11) is 0. The van der Waals surface area contributed by atoms with E-state index in [1.54, 1.807) is 58.0 Å². The van der Waals surface area contributed by atoms with E-state index in [0.29, 0.717) is 30.5 Å². The lowest BCUT2D eigenvalue weighted by molar-refractivity contribution is -0.141. The number of halogens is 3. The number of nitrogens with one attached hydrogen (secondary N) is 5. The molecule has 1 aliphatic carbocycles. The minimum absolute atomic E-state index is 0.0761. The molecule has 3 rings (SSSR count). The molecule has 2 aromatic rings. The number of amides is 6. The van der Waals surface area contributed by atoms with Crippen molar-refractivity contribution in [2.45, 2.75) is 109 Å². The van der Waals surface area contributed by atoms with Gasteiger partial charge in [0.2, 0.25) is 29.4 Å². The number of benzene rings is 2. The van der Waals surface area contributed by atoms with E-state index in [2.05, 4.69) is 26.6 Å². The Hall–Kier alpha value is -5.48. The quantitative estimate of drug-likeness (QED) is 0.104. The predicted octanol–water partition coefficient (Wildman–Crippen LogP) is 2.92. The Morgan fingerprint density at radius 1 is 0.836 bits per heavy atom. The Kier molecular flexibility index (Phi) is 16.2. The summed E-state index contributed by atoms with van der Waals surface area (Å²) in [6.45, 7) is 5.83. The maximum absolute atomic E-state index is 14.2. The minimum atomic E-state index is -1.74. The third-order valence-corrected chi connectivity index (χ3v) is 8.76. The largest absolute Gasteiger partial charge is 0.444 e. The first-order chi connectivity index (χ1) is 25.9. The van der Waals surface area contributed by atoms with E-state index in [9.17, 15) is 46.7 Å². The van der Waals surface area contributed by atoms with Crippen molar-refractivity contribution >= 4 is 41.4 Å². The van der Waals surface area contributed by atoms with Gasteiger partial charge in [0.15, 0.2) is 17.5 Å². The van der Waals surface area contributed by atoms with Gasteiger partial charge < -0.3 is 37.1 Å². The first kappa shape index (κ1) is 43.9. The highest BCUT2D eigenvalue weighted by molar-refractivity contribution is 6.38. The van der Waals surface area contributed by atoms with Crippen molar-refractivity contribution in [2.75, 3.05) is 6.54 Å². The predicted molar refractivity (Wildman–Crippen MR) is 193 cm³/mol. The van der Waals surface area contributed by atoms with Crippen LogP contribution >= 0.6 is 0 Å². The Morgan fingerprint density at radius 2 is 1.44 bits per heavy atom. The summed E-state index contributed by atoms with van der Waals surface area (Å²) in [5.41, 5.74) is 4.68. The van der Waals surface area contributed by atoms with Crippen LogP contribution in [0.2, 0.25) is 0 Å². The first-order valence-corrected chi connectivity index (χ1v) is 18.1.